The lowest BCUT2D eigenvalue weighted by Gasteiger charge is -2.04. The molecule has 0 aliphatic carbocycles. The van der Waals surface area contributed by atoms with Crippen LogP contribution in [0.15, 0.2) is 30.5 Å². The van der Waals surface area contributed by atoms with Gasteiger partial charge in [-0.1, -0.05) is 19.8 Å². The fourth-order valence-corrected chi connectivity index (χ4v) is 2.03. The summed E-state index contributed by atoms with van der Waals surface area (Å²) in [5.41, 5.74) is 1.23. The summed E-state index contributed by atoms with van der Waals surface area (Å²) in [6, 6.07) is 6.97. The predicted molar refractivity (Wildman–Crippen MR) is 68.1 cm³/mol. The zero-order chi connectivity index (χ0) is 12.3. The SMILES string of the molecule is CCCCCn1ccc2cc([N+](=O)[O-])ccc21. The molecular weight excluding hydrogens is 216 g/mol. The molecule has 0 spiro atoms. The third-order valence-corrected chi connectivity index (χ3v) is 2.97. The Kier molecular flexibility index (Phi) is 3.42. The van der Waals surface area contributed by atoms with Crippen LogP contribution in [0.3, 0.4) is 0 Å². The van der Waals surface area contributed by atoms with E-state index in [9.17, 15) is 10.1 Å². The van der Waals surface area contributed by atoms with Crippen LogP contribution in [0.25, 0.3) is 10.9 Å². The first kappa shape index (κ1) is 11.6. The zero-order valence-electron chi connectivity index (χ0n) is 9.93. The Bertz CT molecular complexity index is 531. The number of hydrogen-bond acceptors (Lipinski definition) is 2. The fourth-order valence-electron chi connectivity index (χ4n) is 2.03. The average molecular weight is 232 g/mol. The zero-order valence-corrected chi connectivity index (χ0v) is 9.93. The first-order valence-corrected chi connectivity index (χ1v) is 5.95. The highest BCUT2D eigenvalue weighted by molar-refractivity contribution is 5.82. The molecule has 1 heterocycles. The van der Waals surface area contributed by atoms with Crippen LogP contribution in [0.5, 0.6) is 0 Å². The quantitative estimate of drug-likeness (QED) is 0.448. The summed E-state index contributed by atoms with van der Waals surface area (Å²) in [5, 5.41) is 11.6. The molecule has 2 aromatic rings. The van der Waals surface area contributed by atoms with Gasteiger partial charge in [0.1, 0.15) is 0 Å². The molecule has 0 aliphatic rings. The summed E-state index contributed by atoms with van der Waals surface area (Å²) in [7, 11) is 0. The van der Waals surface area contributed by atoms with Gasteiger partial charge in [0.05, 0.1) is 4.92 Å². The molecule has 4 heteroatoms. The van der Waals surface area contributed by atoms with Crippen molar-refractivity contribution >= 4 is 16.6 Å². The van der Waals surface area contributed by atoms with Crippen molar-refractivity contribution in [1.29, 1.82) is 0 Å². The molecule has 0 saturated heterocycles. The van der Waals surface area contributed by atoms with E-state index in [1.54, 1.807) is 12.1 Å². The van der Waals surface area contributed by atoms with Gasteiger partial charge in [0.25, 0.3) is 5.69 Å². The number of benzene rings is 1. The monoisotopic (exact) mass is 232 g/mol. The molecule has 0 aliphatic heterocycles. The molecule has 0 unspecified atom stereocenters. The van der Waals surface area contributed by atoms with E-state index in [2.05, 4.69) is 11.5 Å². The van der Waals surface area contributed by atoms with Gasteiger partial charge in [0, 0.05) is 35.8 Å². The maximum Gasteiger partial charge on any atom is 0.270 e. The lowest BCUT2D eigenvalue weighted by atomic mass is 10.2. The molecule has 1 aromatic heterocycles. The molecule has 2 rings (SSSR count). The van der Waals surface area contributed by atoms with E-state index in [4.69, 9.17) is 0 Å². The van der Waals surface area contributed by atoms with Crippen molar-refractivity contribution in [3.05, 3.63) is 40.6 Å². The Morgan fingerprint density at radius 3 is 2.82 bits per heavy atom. The lowest BCUT2D eigenvalue weighted by Crippen LogP contribution is -1.95. The maximum absolute atomic E-state index is 10.7. The van der Waals surface area contributed by atoms with Gasteiger partial charge < -0.3 is 4.57 Å². The number of fused-ring (bicyclic) bond motifs is 1. The number of unbranched alkanes of at least 4 members (excludes halogenated alkanes) is 2. The van der Waals surface area contributed by atoms with E-state index in [1.165, 1.54) is 12.8 Å². The van der Waals surface area contributed by atoms with Crippen molar-refractivity contribution in [3.63, 3.8) is 0 Å². The molecular formula is C13H16N2O2. The van der Waals surface area contributed by atoms with Crippen LogP contribution >= 0.6 is 0 Å². The van der Waals surface area contributed by atoms with Crippen LogP contribution in [0.4, 0.5) is 5.69 Å². The third-order valence-electron chi connectivity index (χ3n) is 2.97. The van der Waals surface area contributed by atoms with Crippen molar-refractivity contribution in [2.45, 2.75) is 32.7 Å². The summed E-state index contributed by atoms with van der Waals surface area (Å²) < 4.78 is 2.16. The van der Waals surface area contributed by atoms with E-state index >= 15 is 0 Å². The minimum Gasteiger partial charge on any atom is -0.347 e. The molecule has 0 atom stereocenters. The van der Waals surface area contributed by atoms with E-state index < -0.39 is 0 Å². The third kappa shape index (κ3) is 2.46. The van der Waals surface area contributed by atoms with Crippen LogP contribution in [0.1, 0.15) is 26.2 Å². The van der Waals surface area contributed by atoms with Gasteiger partial charge >= 0.3 is 0 Å². The maximum atomic E-state index is 10.7. The topological polar surface area (TPSA) is 48.1 Å². The van der Waals surface area contributed by atoms with Gasteiger partial charge in [0.15, 0.2) is 0 Å². The Morgan fingerprint density at radius 1 is 1.29 bits per heavy atom. The summed E-state index contributed by atoms with van der Waals surface area (Å²) >= 11 is 0. The average Bonchev–Trinajstić information content (AvgIpc) is 2.72. The van der Waals surface area contributed by atoms with E-state index in [-0.39, 0.29) is 10.6 Å². The molecule has 0 fully saturated rings. The van der Waals surface area contributed by atoms with Gasteiger partial charge in [-0.15, -0.1) is 0 Å². The number of nitro benzene ring substituents is 1. The summed E-state index contributed by atoms with van der Waals surface area (Å²) in [6.45, 7) is 3.16. The second kappa shape index (κ2) is 4.99. The molecule has 0 radical (unpaired) electrons. The smallest absolute Gasteiger partial charge is 0.270 e. The Hall–Kier alpha value is -1.84. The predicted octanol–water partition coefficient (Wildman–Crippen LogP) is 3.74. The summed E-state index contributed by atoms with van der Waals surface area (Å²) in [4.78, 5) is 10.3. The van der Waals surface area contributed by atoms with Gasteiger partial charge in [-0.3, -0.25) is 10.1 Å². The number of hydrogen-bond donors (Lipinski definition) is 0. The van der Waals surface area contributed by atoms with Crippen LogP contribution < -0.4 is 0 Å². The number of aryl methyl sites for hydroxylation is 1. The number of nitrogens with zero attached hydrogens (tertiary/aromatic N) is 2. The first-order valence-electron chi connectivity index (χ1n) is 5.95. The lowest BCUT2D eigenvalue weighted by molar-refractivity contribution is -0.384. The Balaban J connectivity index is 2.25. The second-order valence-corrected chi connectivity index (χ2v) is 4.22. The van der Waals surface area contributed by atoms with Crippen molar-refractivity contribution in [2.24, 2.45) is 0 Å². The summed E-state index contributed by atoms with van der Waals surface area (Å²) in [6.07, 6.45) is 5.57. The van der Waals surface area contributed by atoms with Crippen LogP contribution in [-0.4, -0.2) is 9.49 Å². The standard InChI is InChI=1S/C13H16N2O2/c1-2-3-4-8-14-9-7-11-10-12(15(16)17)5-6-13(11)14/h5-7,9-10H,2-4,8H2,1H3. The number of non-ortho nitro benzene ring substituents is 1. The van der Waals surface area contributed by atoms with Gasteiger partial charge in [-0.2, -0.15) is 0 Å². The number of nitro groups is 1. The minimum atomic E-state index is -0.353. The van der Waals surface area contributed by atoms with Crippen LogP contribution in [0, 0.1) is 10.1 Å². The molecule has 0 bridgehead atoms. The Labute approximate surface area is 100 Å². The van der Waals surface area contributed by atoms with Crippen molar-refractivity contribution in [1.82, 2.24) is 4.57 Å². The number of rotatable bonds is 5. The molecule has 0 saturated carbocycles. The van der Waals surface area contributed by atoms with E-state index in [1.807, 2.05) is 18.3 Å². The highest BCUT2D eigenvalue weighted by Crippen LogP contribution is 2.22. The molecule has 4 nitrogen and oxygen atoms in total. The van der Waals surface area contributed by atoms with Crippen molar-refractivity contribution < 1.29 is 4.92 Å². The van der Waals surface area contributed by atoms with Crippen molar-refractivity contribution in [2.75, 3.05) is 0 Å². The molecule has 0 amide bonds. The molecule has 17 heavy (non-hydrogen) atoms. The Morgan fingerprint density at radius 2 is 2.12 bits per heavy atom. The van der Waals surface area contributed by atoms with Gasteiger partial charge in [-0.25, -0.2) is 0 Å². The van der Waals surface area contributed by atoms with E-state index in [0.717, 1.165) is 23.9 Å². The fraction of sp³-hybridized carbons (Fsp3) is 0.385. The molecule has 1 aromatic carbocycles. The van der Waals surface area contributed by atoms with Crippen LogP contribution in [0.2, 0.25) is 0 Å². The first-order chi connectivity index (χ1) is 8.22. The normalized spacial score (nSPS) is 10.9. The van der Waals surface area contributed by atoms with Crippen LogP contribution in [-0.2, 0) is 6.54 Å². The highest BCUT2D eigenvalue weighted by Gasteiger charge is 2.08. The van der Waals surface area contributed by atoms with E-state index in [0.29, 0.717) is 0 Å². The van der Waals surface area contributed by atoms with Crippen molar-refractivity contribution in [3.8, 4) is 0 Å². The molecule has 90 valence electrons. The highest BCUT2D eigenvalue weighted by atomic mass is 16.6. The van der Waals surface area contributed by atoms with Gasteiger partial charge in [-0.05, 0) is 18.6 Å². The minimum absolute atomic E-state index is 0.156. The largest absolute Gasteiger partial charge is 0.347 e. The summed E-state index contributed by atoms with van der Waals surface area (Å²) in [5.74, 6) is 0. The number of aromatic nitrogens is 1. The second-order valence-electron chi connectivity index (χ2n) is 4.22. The van der Waals surface area contributed by atoms with Gasteiger partial charge in [0.2, 0.25) is 0 Å². The molecule has 0 N–H and O–H groups in total.